The Hall–Kier alpha value is -2.01. The van der Waals surface area contributed by atoms with Gasteiger partial charge in [-0.2, -0.15) is 0 Å². The minimum Gasteiger partial charge on any atom is -0.481 e. The van der Waals surface area contributed by atoms with E-state index < -0.39 is 40.2 Å². The zero-order chi connectivity index (χ0) is 26.1. The number of carbonyl (C=O) groups is 3. The van der Waals surface area contributed by atoms with Crippen molar-refractivity contribution in [3.63, 3.8) is 0 Å². The van der Waals surface area contributed by atoms with Gasteiger partial charge in [-0.1, -0.05) is 58.4 Å². The van der Waals surface area contributed by atoms with Crippen LogP contribution in [0.25, 0.3) is 0 Å². The Morgan fingerprint density at radius 2 is 1.80 bits per heavy atom. The fraction of sp³-hybridized carbons (Fsp3) is 0.700. The highest BCUT2D eigenvalue weighted by molar-refractivity contribution is 5.91. The van der Waals surface area contributed by atoms with Crippen molar-refractivity contribution >= 4 is 17.5 Å². The van der Waals surface area contributed by atoms with Crippen molar-refractivity contribution in [2.45, 2.75) is 93.1 Å². The third-order valence-corrected chi connectivity index (χ3v) is 10.5. The number of ketones is 2. The van der Waals surface area contributed by atoms with Gasteiger partial charge in [-0.3, -0.25) is 14.4 Å². The third-order valence-electron chi connectivity index (χ3n) is 10.5. The molecule has 0 spiro atoms. The van der Waals surface area contributed by atoms with E-state index in [1.165, 1.54) is 5.57 Å². The van der Waals surface area contributed by atoms with Gasteiger partial charge in [0.05, 0.1) is 12.0 Å². The number of hydrogen-bond donors (Lipinski definition) is 2. The van der Waals surface area contributed by atoms with Crippen molar-refractivity contribution in [1.82, 2.24) is 0 Å². The fourth-order valence-corrected chi connectivity index (χ4v) is 8.50. The molecule has 5 heteroatoms. The lowest BCUT2D eigenvalue weighted by Gasteiger charge is -2.60. The van der Waals surface area contributed by atoms with E-state index in [-0.39, 0.29) is 22.9 Å². The highest BCUT2D eigenvalue weighted by atomic mass is 16.4. The summed E-state index contributed by atoms with van der Waals surface area (Å²) in [5.41, 5.74) is 1.23. The first-order valence-corrected chi connectivity index (χ1v) is 13.1. The van der Waals surface area contributed by atoms with E-state index in [2.05, 4.69) is 26.8 Å². The van der Waals surface area contributed by atoms with Crippen LogP contribution in [0, 0.1) is 39.4 Å². The van der Waals surface area contributed by atoms with E-state index in [0.717, 1.165) is 11.1 Å². The molecule has 2 N–H and O–H groups in total. The molecule has 0 aromatic carbocycles. The summed E-state index contributed by atoms with van der Waals surface area (Å²) in [6.45, 7) is 14.3. The molecule has 0 amide bonds. The van der Waals surface area contributed by atoms with Crippen LogP contribution < -0.4 is 0 Å². The van der Waals surface area contributed by atoms with Crippen LogP contribution in [-0.4, -0.2) is 33.9 Å². The molecule has 7 atom stereocenters. The van der Waals surface area contributed by atoms with Gasteiger partial charge in [-0.15, -0.1) is 0 Å². The van der Waals surface area contributed by atoms with Gasteiger partial charge in [0.15, 0.2) is 0 Å². The summed E-state index contributed by atoms with van der Waals surface area (Å²) in [4.78, 5) is 38.9. The molecule has 2 saturated carbocycles. The zero-order valence-electron chi connectivity index (χ0n) is 22.4. The molecule has 0 aromatic rings. The molecule has 2 fully saturated rings. The van der Waals surface area contributed by atoms with Crippen molar-refractivity contribution in [3.8, 4) is 0 Å². The molecule has 4 aliphatic rings. The molecule has 0 aliphatic heterocycles. The molecule has 4 rings (SSSR count). The van der Waals surface area contributed by atoms with Crippen LogP contribution in [0.4, 0.5) is 0 Å². The molecule has 192 valence electrons. The number of allylic oxidation sites excluding steroid dienone is 5. The molecule has 4 aliphatic carbocycles. The molecular formula is C30H42O5. The molecule has 0 bridgehead atoms. The number of carboxylic acid groups (broad SMARTS) is 1. The summed E-state index contributed by atoms with van der Waals surface area (Å²) in [5.74, 6) is -2.20. The Labute approximate surface area is 209 Å². The van der Waals surface area contributed by atoms with Crippen molar-refractivity contribution in [1.29, 1.82) is 0 Å². The van der Waals surface area contributed by atoms with Crippen LogP contribution in [0.2, 0.25) is 0 Å². The van der Waals surface area contributed by atoms with Crippen LogP contribution in [0.5, 0.6) is 0 Å². The monoisotopic (exact) mass is 482 g/mol. The lowest BCUT2D eigenvalue weighted by molar-refractivity contribution is -0.149. The lowest BCUT2D eigenvalue weighted by atomic mass is 9.43. The summed E-state index contributed by atoms with van der Waals surface area (Å²) in [7, 11) is 0. The minimum absolute atomic E-state index is 0.0241. The quantitative estimate of drug-likeness (QED) is 0.492. The summed E-state index contributed by atoms with van der Waals surface area (Å²) < 4.78 is 0. The van der Waals surface area contributed by atoms with Crippen molar-refractivity contribution < 1.29 is 24.6 Å². The standard InChI is InChI=1S/C30H42O5/c1-17(2)9-8-10-18(26(34)35)24-22(32)16-30(7)20-15-21(31)25-27(3,4)23(33)12-13-28(25,5)19(20)11-14-29(24,30)6/h9,11,15,18,21,24-25,31H,8,10,12-14,16H2,1-7H3,(H,34,35). The maximum atomic E-state index is 13.6. The SMILES string of the molecule is CC(C)=CCCC(C(=O)O)C1C(=O)CC2(C)C3=CC(O)C4C(C)(C)C(=O)CCC4(C)C3=CCC12C. The maximum absolute atomic E-state index is 13.6. The van der Waals surface area contributed by atoms with E-state index in [0.29, 0.717) is 38.5 Å². The highest BCUT2D eigenvalue weighted by Crippen LogP contribution is 2.70. The van der Waals surface area contributed by atoms with Crippen LogP contribution in [-0.2, 0) is 14.4 Å². The minimum atomic E-state index is -0.900. The van der Waals surface area contributed by atoms with Crippen LogP contribution in [0.3, 0.4) is 0 Å². The number of rotatable bonds is 5. The van der Waals surface area contributed by atoms with Gasteiger partial charge in [0, 0.05) is 35.5 Å². The van der Waals surface area contributed by atoms with Crippen molar-refractivity contribution in [2.24, 2.45) is 39.4 Å². The topological polar surface area (TPSA) is 91.7 Å². The Morgan fingerprint density at radius 1 is 1.14 bits per heavy atom. The number of aliphatic carboxylic acids is 1. The van der Waals surface area contributed by atoms with Crippen LogP contribution >= 0.6 is 0 Å². The number of carboxylic acids is 1. The molecule has 0 aromatic heterocycles. The number of hydrogen-bond acceptors (Lipinski definition) is 4. The van der Waals surface area contributed by atoms with Gasteiger partial charge in [0.1, 0.15) is 11.6 Å². The first-order valence-electron chi connectivity index (χ1n) is 13.1. The smallest absolute Gasteiger partial charge is 0.307 e. The van der Waals surface area contributed by atoms with Crippen LogP contribution in [0.1, 0.15) is 87.0 Å². The summed E-state index contributed by atoms with van der Waals surface area (Å²) in [5, 5.41) is 21.6. The molecule has 5 nitrogen and oxygen atoms in total. The van der Waals surface area contributed by atoms with Crippen molar-refractivity contribution in [2.75, 3.05) is 0 Å². The Morgan fingerprint density at radius 3 is 2.40 bits per heavy atom. The second kappa shape index (κ2) is 8.26. The Balaban J connectivity index is 1.80. The predicted molar refractivity (Wildman–Crippen MR) is 136 cm³/mol. The third kappa shape index (κ3) is 3.55. The van der Waals surface area contributed by atoms with Crippen LogP contribution in [0.15, 0.2) is 34.9 Å². The van der Waals surface area contributed by atoms with E-state index in [1.54, 1.807) is 0 Å². The van der Waals surface area contributed by atoms with Gasteiger partial charge in [-0.25, -0.2) is 0 Å². The molecule has 0 saturated heterocycles. The molecule has 7 unspecified atom stereocenters. The average molecular weight is 483 g/mol. The number of carbonyl (C=O) groups excluding carboxylic acids is 2. The zero-order valence-corrected chi connectivity index (χ0v) is 22.4. The normalized spacial score (nSPS) is 40.6. The summed E-state index contributed by atoms with van der Waals surface area (Å²) in [6.07, 6.45) is 8.56. The van der Waals surface area contributed by atoms with Gasteiger partial charge in [0.25, 0.3) is 0 Å². The Bertz CT molecular complexity index is 1060. The average Bonchev–Trinajstić information content (AvgIpc) is 2.94. The summed E-state index contributed by atoms with van der Waals surface area (Å²) >= 11 is 0. The number of aliphatic hydroxyl groups is 1. The van der Waals surface area contributed by atoms with E-state index >= 15 is 0 Å². The number of Topliss-reactive ketones (excluding diaryl/α,β-unsaturated/α-hetero) is 2. The van der Waals surface area contributed by atoms with Gasteiger partial charge in [-0.05, 0) is 61.5 Å². The fourth-order valence-electron chi connectivity index (χ4n) is 8.50. The first kappa shape index (κ1) is 26.1. The van der Waals surface area contributed by atoms with Gasteiger partial charge >= 0.3 is 5.97 Å². The molecule has 35 heavy (non-hydrogen) atoms. The molecular weight excluding hydrogens is 440 g/mol. The second-order valence-electron chi connectivity index (χ2n) is 13.1. The summed E-state index contributed by atoms with van der Waals surface area (Å²) in [6, 6.07) is 0. The van der Waals surface area contributed by atoms with Gasteiger partial charge < -0.3 is 10.2 Å². The largest absolute Gasteiger partial charge is 0.481 e. The Kier molecular flexibility index (Phi) is 6.15. The highest BCUT2D eigenvalue weighted by Gasteiger charge is 2.67. The van der Waals surface area contributed by atoms with Gasteiger partial charge in [0.2, 0.25) is 0 Å². The molecule has 0 heterocycles. The number of aliphatic hydroxyl groups excluding tert-OH is 1. The second-order valence-corrected chi connectivity index (χ2v) is 13.1. The first-order chi connectivity index (χ1) is 16.1. The number of fused-ring (bicyclic) bond motifs is 5. The predicted octanol–water partition coefficient (Wildman–Crippen LogP) is 5.68. The van der Waals surface area contributed by atoms with E-state index in [9.17, 15) is 24.6 Å². The lowest BCUT2D eigenvalue weighted by Crippen LogP contribution is -2.57. The van der Waals surface area contributed by atoms with Crippen molar-refractivity contribution in [3.05, 3.63) is 34.9 Å². The molecule has 0 radical (unpaired) electrons. The maximum Gasteiger partial charge on any atom is 0.307 e. The van der Waals surface area contributed by atoms with E-state index in [4.69, 9.17) is 0 Å². The van der Waals surface area contributed by atoms with E-state index in [1.807, 2.05) is 39.8 Å².